The molecule has 1 aliphatic carbocycles. The van der Waals surface area contributed by atoms with Crippen LogP contribution in [0.3, 0.4) is 0 Å². The molecule has 12 heavy (non-hydrogen) atoms. The second-order valence-electron chi connectivity index (χ2n) is 3.26. The van der Waals surface area contributed by atoms with E-state index in [1.165, 1.54) is 5.56 Å². The molecule has 0 bridgehead atoms. The minimum atomic E-state index is 0. The van der Waals surface area contributed by atoms with Gasteiger partial charge >= 0.3 is 0 Å². The van der Waals surface area contributed by atoms with Crippen molar-refractivity contribution in [1.82, 2.24) is 0 Å². The standard InChI is InChI=1S/C10H13NO.H2/c1-7(11)10-6-8-4-2-3-5-9(8)12-10;/h2,4,6-7H,3,5,11H2,1H3;1H/t7-;/m1./s1. The summed E-state index contributed by atoms with van der Waals surface area (Å²) in [5, 5.41) is 0. The van der Waals surface area contributed by atoms with Crippen molar-refractivity contribution >= 4 is 6.08 Å². The number of rotatable bonds is 1. The lowest BCUT2D eigenvalue weighted by atomic mass is 10.1. The first-order chi connectivity index (χ1) is 5.77. The van der Waals surface area contributed by atoms with E-state index in [9.17, 15) is 0 Å². The molecule has 0 radical (unpaired) electrons. The van der Waals surface area contributed by atoms with Gasteiger partial charge in [-0.25, -0.2) is 0 Å². The summed E-state index contributed by atoms with van der Waals surface area (Å²) in [6.45, 7) is 1.94. The van der Waals surface area contributed by atoms with Gasteiger partial charge in [-0.3, -0.25) is 0 Å². The molecule has 0 aromatic carbocycles. The average Bonchev–Trinajstić information content (AvgIpc) is 2.46. The summed E-state index contributed by atoms with van der Waals surface area (Å²) >= 11 is 0. The molecule has 0 amide bonds. The van der Waals surface area contributed by atoms with Gasteiger partial charge in [0.1, 0.15) is 11.5 Å². The van der Waals surface area contributed by atoms with Gasteiger partial charge in [0.2, 0.25) is 0 Å². The van der Waals surface area contributed by atoms with Crippen molar-refractivity contribution < 1.29 is 5.84 Å². The van der Waals surface area contributed by atoms with Crippen LogP contribution >= 0.6 is 0 Å². The molecule has 0 fully saturated rings. The number of furan rings is 1. The molecule has 1 aromatic heterocycles. The molecule has 0 unspecified atom stereocenters. The van der Waals surface area contributed by atoms with Crippen LogP contribution < -0.4 is 5.73 Å². The van der Waals surface area contributed by atoms with Crippen LogP contribution in [-0.2, 0) is 6.42 Å². The normalized spacial score (nSPS) is 17.5. The molecule has 0 saturated carbocycles. The van der Waals surface area contributed by atoms with Crippen LogP contribution in [0.5, 0.6) is 0 Å². The predicted molar refractivity (Wildman–Crippen MR) is 50.8 cm³/mol. The third kappa shape index (κ3) is 1.18. The SMILES string of the molecule is C[C@@H](N)c1cc2c(o1)CCC=C2.[HH]. The molecule has 2 heteroatoms. The smallest absolute Gasteiger partial charge is 0.121 e. The fraction of sp³-hybridized carbons (Fsp3) is 0.400. The monoisotopic (exact) mass is 165 g/mol. The van der Waals surface area contributed by atoms with Gasteiger partial charge in [0, 0.05) is 13.4 Å². The minimum absolute atomic E-state index is 0. The third-order valence-electron chi connectivity index (χ3n) is 2.15. The molecule has 2 nitrogen and oxygen atoms in total. The van der Waals surface area contributed by atoms with Gasteiger partial charge in [-0.1, -0.05) is 12.2 Å². The second kappa shape index (κ2) is 2.79. The minimum Gasteiger partial charge on any atom is -0.464 e. The Hall–Kier alpha value is -1.02. The van der Waals surface area contributed by atoms with Gasteiger partial charge in [-0.05, 0) is 19.4 Å². The van der Waals surface area contributed by atoms with Crippen molar-refractivity contribution in [2.45, 2.75) is 25.8 Å². The maximum absolute atomic E-state index is 5.71. The zero-order chi connectivity index (χ0) is 8.55. The first-order valence-corrected chi connectivity index (χ1v) is 4.32. The van der Waals surface area contributed by atoms with E-state index in [-0.39, 0.29) is 7.47 Å². The molecule has 66 valence electrons. The first kappa shape index (κ1) is 7.62. The van der Waals surface area contributed by atoms with Gasteiger partial charge in [-0.15, -0.1) is 0 Å². The Morgan fingerprint density at radius 2 is 2.50 bits per heavy atom. The third-order valence-corrected chi connectivity index (χ3v) is 2.15. The van der Waals surface area contributed by atoms with Crippen LogP contribution in [0.1, 0.15) is 37.9 Å². The van der Waals surface area contributed by atoms with Crippen LogP contribution in [0.15, 0.2) is 16.6 Å². The highest BCUT2D eigenvalue weighted by molar-refractivity contribution is 5.54. The Morgan fingerprint density at radius 3 is 3.17 bits per heavy atom. The van der Waals surface area contributed by atoms with Crippen molar-refractivity contribution in [3.63, 3.8) is 0 Å². The van der Waals surface area contributed by atoms with Crippen molar-refractivity contribution in [2.75, 3.05) is 0 Å². The van der Waals surface area contributed by atoms with Crippen LogP contribution in [0.4, 0.5) is 0 Å². The topological polar surface area (TPSA) is 39.2 Å². The van der Waals surface area contributed by atoms with Crippen molar-refractivity contribution in [1.29, 1.82) is 0 Å². The zero-order valence-corrected chi connectivity index (χ0v) is 7.21. The predicted octanol–water partition coefficient (Wildman–Crippen LogP) is 2.50. The Bertz CT molecular complexity index is 315. The highest BCUT2D eigenvalue weighted by atomic mass is 16.3. The summed E-state index contributed by atoms with van der Waals surface area (Å²) in [6.07, 6.45) is 6.37. The Labute approximate surface area is 73.5 Å². The van der Waals surface area contributed by atoms with E-state index >= 15 is 0 Å². The van der Waals surface area contributed by atoms with Gasteiger partial charge in [0.25, 0.3) is 0 Å². The van der Waals surface area contributed by atoms with E-state index in [0.29, 0.717) is 0 Å². The van der Waals surface area contributed by atoms with Crippen LogP contribution in [0.2, 0.25) is 0 Å². The molecule has 0 saturated heterocycles. The van der Waals surface area contributed by atoms with Crippen molar-refractivity contribution in [3.8, 4) is 0 Å². The number of fused-ring (bicyclic) bond motifs is 1. The highest BCUT2D eigenvalue weighted by Gasteiger charge is 2.13. The molecule has 2 rings (SSSR count). The fourth-order valence-electron chi connectivity index (χ4n) is 1.45. The molecule has 2 N–H and O–H groups in total. The number of nitrogens with two attached hydrogens (primary N) is 1. The number of aryl methyl sites for hydroxylation is 1. The molecular weight excluding hydrogens is 150 g/mol. The van der Waals surface area contributed by atoms with Crippen molar-refractivity contribution in [2.24, 2.45) is 5.73 Å². The maximum atomic E-state index is 5.71. The van der Waals surface area contributed by atoms with Crippen LogP contribution in [-0.4, -0.2) is 0 Å². The summed E-state index contributed by atoms with van der Waals surface area (Å²) in [6, 6.07) is 2.04. The fourth-order valence-corrected chi connectivity index (χ4v) is 1.45. The lowest BCUT2D eigenvalue weighted by Crippen LogP contribution is -2.02. The number of hydrogen-bond acceptors (Lipinski definition) is 2. The highest BCUT2D eigenvalue weighted by Crippen LogP contribution is 2.25. The average molecular weight is 165 g/mol. The Balaban J connectivity index is 0.000000845. The number of hydrogen-bond donors (Lipinski definition) is 1. The lowest BCUT2D eigenvalue weighted by molar-refractivity contribution is 0.441. The van der Waals surface area contributed by atoms with E-state index in [1.807, 2.05) is 13.0 Å². The molecule has 1 aliphatic rings. The second-order valence-corrected chi connectivity index (χ2v) is 3.26. The molecule has 1 aromatic rings. The summed E-state index contributed by atoms with van der Waals surface area (Å²) in [5.41, 5.74) is 6.91. The molecule has 0 aliphatic heterocycles. The zero-order valence-electron chi connectivity index (χ0n) is 7.21. The summed E-state index contributed by atoms with van der Waals surface area (Å²) in [5.74, 6) is 1.98. The molecular formula is C10H15NO. The Kier molecular flexibility index (Phi) is 1.77. The van der Waals surface area contributed by atoms with Gasteiger partial charge in [0.05, 0.1) is 6.04 Å². The van der Waals surface area contributed by atoms with Crippen molar-refractivity contribution in [3.05, 3.63) is 29.2 Å². The first-order valence-electron chi connectivity index (χ1n) is 4.32. The van der Waals surface area contributed by atoms with E-state index < -0.39 is 0 Å². The van der Waals surface area contributed by atoms with Crippen LogP contribution in [0.25, 0.3) is 6.08 Å². The van der Waals surface area contributed by atoms with E-state index in [2.05, 4.69) is 12.2 Å². The molecule has 1 atom stereocenters. The largest absolute Gasteiger partial charge is 0.464 e. The van der Waals surface area contributed by atoms with E-state index in [1.54, 1.807) is 0 Å². The molecule has 0 spiro atoms. The van der Waals surface area contributed by atoms with Gasteiger partial charge < -0.3 is 10.2 Å². The van der Waals surface area contributed by atoms with E-state index in [0.717, 1.165) is 24.4 Å². The molecule has 1 heterocycles. The number of allylic oxidation sites excluding steroid dienone is 1. The van der Waals surface area contributed by atoms with Gasteiger partial charge in [0.15, 0.2) is 0 Å². The van der Waals surface area contributed by atoms with Crippen LogP contribution in [0, 0.1) is 0 Å². The lowest BCUT2D eigenvalue weighted by Gasteiger charge is -2.01. The summed E-state index contributed by atoms with van der Waals surface area (Å²) < 4.78 is 5.59. The Morgan fingerprint density at radius 1 is 1.67 bits per heavy atom. The van der Waals surface area contributed by atoms with E-state index in [4.69, 9.17) is 10.2 Å². The quantitative estimate of drug-likeness (QED) is 0.694. The van der Waals surface area contributed by atoms with Gasteiger partial charge in [-0.2, -0.15) is 0 Å². The summed E-state index contributed by atoms with van der Waals surface area (Å²) in [4.78, 5) is 0. The summed E-state index contributed by atoms with van der Waals surface area (Å²) in [7, 11) is 0. The maximum Gasteiger partial charge on any atom is 0.121 e.